The van der Waals surface area contributed by atoms with Crippen molar-refractivity contribution in [3.63, 3.8) is 0 Å². The Kier molecular flexibility index (Phi) is 7.15. The Bertz CT molecular complexity index is 1070. The number of carbonyl (C=O) groups is 3. The maximum Gasteiger partial charge on any atom is 0.408 e. The number of aliphatic carboxylic acids is 1. The molecule has 2 aliphatic rings. The van der Waals surface area contributed by atoms with Crippen molar-refractivity contribution in [1.82, 2.24) is 10.2 Å². The van der Waals surface area contributed by atoms with Crippen LogP contribution in [0.4, 0.5) is 4.79 Å². The van der Waals surface area contributed by atoms with Crippen molar-refractivity contribution in [2.24, 2.45) is 5.92 Å². The van der Waals surface area contributed by atoms with Gasteiger partial charge in [0.25, 0.3) is 0 Å². The summed E-state index contributed by atoms with van der Waals surface area (Å²) in [6.07, 6.45) is 1.37. The molecular formula is C28H34N2O5. The number of benzene rings is 2. The molecule has 0 bridgehead atoms. The van der Waals surface area contributed by atoms with Crippen molar-refractivity contribution in [3.05, 3.63) is 59.7 Å². The highest BCUT2D eigenvalue weighted by molar-refractivity contribution is 5.90. The summed E-state index contributed by atoms with van der Waals surface area (Å²) in [4.78, 5) is 39.6. The first-order chi connectivity index (χ1) is 16.7. The average Bonchev–Trinajstić information content (AvgIpc) is 3.16. The van der Waals surface area contributed by atoms with Gasteiger partial charge in [0.05, 0.1) is 5.92 Å². The van der Waals surface area contributed by atoms with E-state index in [1.54, 1.807) is 11.8 Å². The van der Waals surface area contributed by atoms with Crippen LogP contribution in [0.5, 0.6) is 0 Å². The van der Waals surface area contributed by atoms with Gasteiger partial charge in [0.2, 0.25) is 5.91 Å². The number of carbonyl (C=O) groups excluding carboxylic acids is 2. The van der Waals surface area contributed by atoms with E-state index < -0.39 is 23.5 Å². The van der Waals surface area contributed by atoms with Crippen LogP contribution >= 0.6 is 0 Å². The Morgan fingerprint density at radius 2 is 1.69 bits per heavy atom. The summed E-state index contributed by atoms with van der Waals surface area (Å²) in [5.74, 6) is -1.51. The molecule has 2 amide bonds. The Hall–Kier alpha value is -3.35. The third kappa shape index (κ3) is 4.90. The van der Waals surface area contributed by atoms with E-state index in [0.29, 0.717) is 32.2 Å². The number of carboxylic acids is 1. The number of hydrogen-bond donors (Lipinski definition) is 2. The molecule has 2 N–H and O–H groups in total. The second-order valence-electron chi connectivity index (χ2n) is 9.94. The van der Waals surface area contributed by atoms with Crippen molar-refractivity contribution in [2.75, 3.05) is 13.2 Å². The monoisotopic (exact) mass is 478 g/mol. The van der Waals surface area contributed by atoms with E-state index >= 15 is 0 Å². The highest BCUT2D eigenvalue weighted by Crippen LogP contribution is 2.44. The van der Waals surface area contributed by atoms with Gasteiger partial charge < -0.3 is 20.1 Å². The molecule has 2 aromatic rings. The van der Waals surface area contributed by atoms with Gasteiger partial charge in [-0.1, -0.05) is 61.9 Å². The third-order valence-electron chi connectivity index (χ3n) is 7.43. The van der Waals surface area contributed by atoms with Crippen LogP contribution in [0, 0.1) is 5.92 Å². The number of likely N-dealkylation sites (tertiary alicyclic amines) is 1. The minimum atomic E-state index is -1.12. The zero-order valence-corrected chi connectivity index (χ0v) is 20.6. The number of ether oxygens (including phenoxy) is 1. The molecular weight excluding hydrogens is 444 g/mol. The fraction of sp³-hybridized carbons (Fsp3) is 0.464. The second-order valence-corrected chi connectivity index (χ2v) is 9.94. The van der Waals surface area contributed by atoms with Gasteiger partial charge in [-0.2, -0.15) is 0 Å². The average molecular weight is 479 g/mol. The zero-order chi connectivity index (χ0) is 25.2. The molecule has 3 unspecified atom stereocenters. The van der Waals surface area contributed by atoms with Crippen LogP contribution in [0.15, 0.2) is 48.5 Å². The summed E-state index contributed by atoms with van der Waals surface area (Å²) in [6, 6.07) is 16.1. The minimum absolute atomic E-state index is 0.0589. The van der Waals surface area contributed by atoms with Crippen LogP contribution in [-0.4, -0.2) is 52.7 Å². The third-order valence-corrected chi connectivity index (χ3v) is 7.43. The summed E-state index contributed by atoms with van der Waals surface area (Å²) < 4.78 is 5.70. The normalized spacial score (nSPS) is 20.9. The lowest BCUT2D eigenvalue weighted by Gasteiger charge is -2.41. The number of carboxylic acid groups (broad SMARTS) is 1. The molecule has 0 saturated carbocycles. The number of nitrogens with one attached hydrogen (secondary N) is 1. The van der Waals surface area contributed by atoms with E-state index in [1.165, 1.54) is 0 Å². The molecule has 2 aromatic carbocycles. The molecule has 1 aliphatic carbocycles. The van der Waals surface area contributed by atoms with Crippen LogP contribution in [-0.2, 0) is 14.3 Å². The Morgan fingerprint density at radius 1 is 1.09 bits per heavy atom. The van der Waals surface area contributed by atoms with Gasteiger partial charge in [-0.3, -0.25) is 9.59 Å². The van der Waals surface area contributed by atoms with E-state index in [4.69, 9.17) is 4.74 Å². The fourth-order valence-corrected chi connectivity index (χ4v) is 5.60. The summed E-state index contributed by atoms with van der Waals surface area (Å²) in [7, 11) is 0. The van der Waals surface area contributed by atoms with E-state index in [9.17, 15) is 19.5 Å². The Balaban J connectivity index is 1.44. The highest BCUT2D eigenvalue weighted by atomic mass is 16.5. The van der Waals surface area contributed by atoms with Crippen LogP contribution in [0.25, 0.3) is 11.1 Å². The molecule has 186 valence electrons. The summed E-state index contributed by atoms with van der Waals surface area (Å²) in [6.45, 7) is 6.10. The summed E-state index contributed by atoms with van der Waals surface area (Å²) in [5, 5.41) is 12.2. The first-order valence-corrected chi connectivity index (χ1v) is 12.4. The SMILES string of the molecule is CCCC(C)(NC(=O)OCC1c2ccccc2-c2ccccc21)C(=O)N1CCC(C(=O)O)CC1C. The van der Waals surface area contributed by atoms with Gasteiger partial charge in [0.15, 0.2) is 0 Å². The largest absolute Gasteiger partial charge is 0.481 e. The van der Waals surface area contributed by atoms with Gasteiger partial charge in [-0.05, 0) is 55.4 Å². The quantitative estimate of drug-likeness (QED) is 0.596. The zero-order valence-electron chi connectivity index (χ0n) is 20.6. The van der Waals surface area contributed by atoms with E-state index in [-0.39, 0.29) is 24.5 Å². The molecule has 7 nitrogen and oxygen atoms in total. The maximum atomic E-state index is 13.5. The van der Waals surface area contributed by atoms with Crippen molar-refractivity contribution in [3.8, 4) is 11.1 Å². The van der Waals surface area contributed by atoms with Crippen LogP contribution < -0.4 is 5.32 Å². The molecule has 0 radical (unpaired) electrons. The lowest BCUT2D eigenvalue weighted by Crippen LogP contribution is -2.61. The maximum absolute atomic E-state index is 13.5. The smallest absolute Gasteiger partial charge is 0.408 e. The van der Waals surface area contributed by atoms with Crippen molar-refractivity contribution < 1.29 is 24.2 Å². The topological polar surface area (TPSA) is 95.9 Å². The second kappa shape index (κ2) is 10.1. The molecule has 7 heteroatoms. The van der Waals surface area contributed by atoms with Gasteiger partial charge in [-0.15, -0.1) is 0 Å². The number of fused-ring (bicyclic) bond motifs is 3. The van der Waals surface area contributed by atoms with Gasteiger partial charge in [0, 0.05) is 18.5 Å². The Morgan fingerprint density at radius 3 is 2.23 bits per heavy atom. The standard InChI is InChI=1S/C28H34N2O5/c1-4-14-28(3,26(33)30-15-13-19(25(31)32)16-18(30)2)29-27(34)35-17-24-22-11-7-5-9-20(22)21-10-6-8-12-23(21)24/h5-12,18-19,24H,4,13-17H2,1-3H3,(H,29,34)(H,31,32). The van der Waals surface area contributed by atoms with Gasteiger partial charge in [0.1, 0.15) is 12.1 Å². The van der Waals surface area contributed by atoms with Crippen LogP contribution in [0.2, 0.25) is 0 Å². The Labute approximate surface area is 206 Å². The number of amides is 2. The highest BCUT2D eigenvalue weighted by Gasteiger charge is 2.42. The molecule has 35 heavy (non-hydrogen) atoms. The number of alkyl carbamates (subject to hydrolysis) is 1. The summed E-state index contributed by atoms with van der Waals surface area (Å²) >= 11 is 0. The predicted octanol–water partition coefficient (Wildman–Crippen LogP) is 4.80. The molecule has 0 spiro atoms. The lowest BCUT2D eigenvalue weighted by atomic mass is 9.88. The number of rotatable bonds is 7. The first-order valence-electron chi connectivity index (χ1n) is 12.4. The molecule has 4 rings (SSSR count). The molecule has 1 heterocycles. The molecule has 1 aliphatic heterocycles. The number of nitrogens with zero attached hydrogens (tertiary/aromatic N) is 1. The summed E-state index contributed by atoms with van der Waals surface area (Å²) in [5.41, 5.74) is 3.44. The van der Waals surface area contributed by atoms with Gasteiger partial charge in [-0.25, -0.2) is 4.79 Å². The van der Waals surface area contributed by atoms with Crippen molar-refractivity contribution >= 4 is 18.0 Å². The molecule has 0 aromatic heterocycles. The number of hydrogen-bond acceptors (Lipinski definition) is 4. The lowest BCUT2D eigenvalue weighted by molar-refractivity contribution is -0.149. The van der Waals surface area contributed by atoms with E-state index in [2.05, 4.69) is 29.6 Å². The van der Waals surface area contributed by atoms with Crippen LogP contribution in [0.1, 0.15) is 63.5 Å². The molecule has 3 atom stereocenters. The fourth-order valence-electron chi connectivity index (χ4n) is 5.60. The van der Waals surface area contributed by atoms with Crippen molar-refractivity contribution in [2.45, 2.75) is 64.0 Å². The van der Waals surface area contributed by atoms with Crippen LogP contribution in [0.3, 0.4) is 0 Å². The molecule has 1 fully saturated rings. The predicted molar refractivity (Wildman–Crippen MR) is 133 cm³/mol. The van der Waals surface area contributed by atoms with Crippen molar-refractivity contribution in [1.29, 1.82) is 0 Å². The first kappa shape index (κ1) is 24.8. The van der Waals surface area contributed by atoms with Gasteiger partial charge >= 0.3 is 12.1 Å². The van der Waals surface area contributed by atoms with E-state index in [0.717, 1.165) is 22.3 Å². The minimum Gasteiger partial charge on any atom is -0.481 e. The number of piperidine rings is 1. The molecule has 1 saturated heterocycles. The van der Waals surface area contributed by atoms with E-state index in [1.807, 2.05) is 38.1 Å².